The molecule has 6 heteroatoms. The standard InChI is InChI=1S/C13H15BrFNO3/c1-7-6-19-8(2)5-16(7)10-4-3-9(13(17)18)11(14)12(10)15/h3-4,7-8H,5-6H2,1-2H3,(H,17,18). The first kappa shape index (κ1) is 14.3. The molecule has 1 N–H and O–H groups in total. The number of morpholine rings is 1. The number of rotatable bonds is 2. The van der Waals surface area contributed by atoms with E-state index in [2.05, 4.69) is 15.9 Å². The third kappa shape index (κ3) is 2.74. The molecule has 104 valence electrons. The number of carboxylic acids is 1. The third-order valence-corrected chi connectivity index (χ3v) is 3.98. The lowest BCUT2D eigenvalue weighted by molar-refractivity contribution is 0.0341. The van der Waals surface area contributed by atoms with Crippen LogP contribution in [0.15, 0.2) is 16.6 Å². The molecule has 0 aromatic heterocycles. The highest BCUT2D eigenvalue weighted by atomic mass is 79.9. The number of anilines is 1. The predicted octanol–water partition coefficient (Wildman–Crippen LogP) is 2.90. The first-order valence-electron chi connectivity index (χ1n) is 6.01. The first-order valence-corrected chi connectivity index (χ1v) is 6.80. The van der Waals surface area contributed by atoms with Gasteiger partial charge in [-0.2, -0.15) is 0 Å². The second-order valence-electron chi connectivity index (χ2n) is 4.71. The van der Waals surface area contributed by atoms with Crippen molar-refractivity contribution in [1.82, 2.24) is 0 Å². The smallest absolute Gasteiger partial charge is 0.336 e. The molecule has 2 rings (SSSR count). The second kappa shape index (κ2) is 5.46. The molecule has 2 unspecified atom stereocenters. The summed E-state index contributed by atoms with van der Waals surface area (Å²) < 4.78 is 19.8. The van der Waals surface area contributed by atoms with Crippen LogP contribution in [0.25, 0.3) is 0 Å². The Balaban J connectivity index is 2.40. The van der Waals surface area contributed by atoms with E-state index in [0.717, 1.165) is 0 Å². The zero-order valence-electron chi connectivity index (χ0n) is 10.7. The number of carboxylic acid groups (broad SMARTS) is 1. The average Bonchev–Trinajstić information content (AvgIpc) is 2.35. The van der Waals surface area contributed by atoms with Crippen LogP contribution in [0.4, 0.5) is 10.1 Å². The molecule has 0 radical (unpaired) electrons. The van der Waals surface area contributed by atoms with E-state index in [0.29, 0.717) is 18.8 Å². The van der Waals surface area contributed by atoms with E-state index in [9.17, 15) is 9.18 Å². The van der Waals surface area contributed by atoms with E-state index in [-0.39, 0.29) is 22.2 Å². The maximum absolute atomic E-state index is 14.3. The van der Waals surface area contributed by atoms with Gasteiger partial charge in [-0.25, -0.2) is 9.18 Å². The highest BCUT2D eigenvalue weighted by molar-refractivity contribution is 9.10. The van der Waals surface area contributed by atoms with Gasteiger partial charge in [0.2, 0.25) is 0 Å². The minimum atomic E-state index is -1.15. The monoisotopic (exact) mass is 331 g/mol. The lowest BCUT2D eigenvalue weighted by Gasteiger charge is -2.38. The van der Waals surface area contributed by atoms with Crippen LogP contribution in [0.2, 0.25) is 0 Å². The van der Waals surface area contributed by atoms with Gasteiger partial charge in [-0.3, -0.25) is 0 Å². The van der Waals surface area contributed by atoms with E-state index in [4.69, 9.17) is 9.84 Å². The van der Waals surface area contributed by atoms with E-state index < -0.39 is 11.8 Å². The van der Waals surface area contributed by atoms with Crippen LogP contribution in [-0.2, 0) is 4.74 Å². The Labute approximate surface area is 119 Å². The van der Waals surface area contributed by atoms with Crippen molar-refractivity contribution in [3.63, 3.8) is 0 Å². The Bertz CT molecular complexity index is 509. The van der Waals surface area contributed by atoms with E-state index in [1.54, 1.807) is 0 Å². The number of ether oxygens (including phenoxy) is 1. The maximum atomic E-state index is 14.3. The van der Waals surface area contributed by atoms with Gasteiger partial charge in [0.25, 0.3) is 0 Å². The van der Waals surface area contributed by atoms with Crippen molar-refractivity contribution >= 4 is 27.6 Å². The molecule has 1 fully saturated rings. The molecule has 2 atom stereocenters. The molecule has 0 spiro atoms. The van der Waals surface area contributed by atoms with Crippen molar-refractivity contribution in [3.8, 4) is 0 Å². The summed E-state index contributed by atoms with van der Waals surface area (Å²) >= 11 is 3.02. The summed E-state index contributed by atoms with van der Waals surface area (Å²) in [5, 5.41) is 8.96. The Kier molecular flexibility index (Phi) is 4.10. The van der Waals surface area contributed by atoms with Gasteiger partial charge in [-0.05, 0) is 41.9 Å². The number of halogens is 2. The normalized spacial score (nSPS) is 23.5. The Morgan fingerprint density at radius 3 is 2.84 bits per heavy atom. The van der Waals surface area contributed by atoms with Crippen molar-refractivity contribution in [1.29, 1.82) is 0 Å². The lowest BCUT2D eigenvalue weighted by Crippen LogP contribution is -2.47. The summed E-state index contributed by atoms with van der Waals surface area (Å²) in [6, 6.07) is 2.98. The van der Waals surface area contributed by atoms with Gasteiger partial charge in [-0.1, -0.05) is 0 Å². The number of hydrogen-bond donors (Lipinski definition) is 1. The molecule has 1 aliphatic rings. The molecule has 1 saturated heterocycles. The molecule has 0 saturated carbocycles. The van der Waals surface area contributed by atoms with E-state index >= 15 is 0 Å². The highest BCUT2D eigenvalue weighted by Crippen LogP contribution is 2.32. The number of benzene rings is 1. The van der Waals surface area contributed by atoms with Crippen molar-refractivity contribution < 1.29 is 19.0 Å². The molecule has 1 aliphatic heterocycles. The SMILES string of the molecule is CC1CN(c2ccc(C(=O)O)c(Br)c2F)C(C)CO1. The van der Waals surface area contributed by atoms with Crippen molar-refractivity contribution in [3.05, 3.63) is 28.0 Å². The fraction of sp³-hybridized carbons (Fsp3) is 0.462. The summed E-state index contributed by atoms with van der Waals surface area (Å²) in [5.74, 6) is -1.69. The van der Waals surface area contributed by atoms with Crippen LogP contribution in [0.5, 0.6) is 0 Å². The molecule has 1 aromatic rings. The Morgan fingerprint density at radius 2 is 2.21 bits per heavy atom. The summed E-state index contributed by atoms with van der Waals surface area (Å²) in [5.41, 5.74) is 0.328. The van der Waals surface area contributed by atoms with Crippen molar-refractivity contribution in [2.75, 3.05) is 18.1 Å². The fourth-order valence-electron chi connectivity index (χ4n) is 2.17. The zero-order valence-corrected chi connectivity index (χ0v) is 12.3. The topological polar surface area (TPSA) is 49.8 Å². The number of carbonyl (C=O) groups is 1. The molecule has 1 heterocycles. The van der Waals surface area contributed by atoms with E-state index in [1.807, 2.05) is 18.7 Å². The van der Waals surface area contributed by atoms with Gasteiger partial charge in [0.15, 0.2) is 5.82 Å². The largest absolute Gasteiger partial charge is 0.478 e. The summed E-state index contributed by atoms with van der Waals surface area (Å²) in [4.78, 5) is 12.9. The summed E-state index contributed by atoms with van der Waals surface area (Å²) in [6.07, 6.45) is 0.0218. The second-order valence-corrected chi connectivity index (χ2v) is 5.50. The van der Waals surface area contributed by atoms with Crippen LogP contribution >= 0.6 is 15.9 Å². The van der Waals surface area contributed by atoms with Gasteiger partial charge in [0.1, 0.15) is 0 Å². The third-order valence-electron chi connectivity index (χ3n) is 3.21. The van der Waals surface area contributed by atoms with Crippen LogP contribution < -0.4 is 4.90 Å². The Hall–Kier alpha value is -1.14. The van der Waals surface area contributed by atoms with Gasteiger partial charge < -0.3 is 14.7 Å². The minimum absolute atomic E-state index is 0.0103. The molecule has 4 nitrogen and oxygen atoms in total. The molecule has 0 aliphatic carbocycles. The van der Waals surface area contributed by atoms with Crippen LogP contribution in [0.3, 0.4) is 0 Å². The maximum Gasteiger partial charge on any atom is 0.336 e. The van der Waals surface area contributed by atoms with Gasteiger partial charge >= 0.3 is 5.97 Å². The van der Waals surface area contributed by atoms with Crippen LogP contribution in [0.1, 0.15) is 24.2 Å². The fourth-order valence-corrected chi connectivity index (χ4v) is 2.67. The molecular weight excluding hydrogens is 317 g/mol. The first-order chi connectivity index (χ1) is 8.91. The lowest BCUT2D eigenvalue weighted by atomic mass is 10.1. The minimum Gasteiger partial charge on any atom is -0.478 e. The van der Waals surface area contributed by atoms with Crippen LogP contribution in [0, 0.1) is 5.82 Å². The molecule has 0 bridgehead atoms. The summed E-state index contributed by atoms with van der Waals surface area (Å²) in [7, 11) is 0. The van der Waals surface area contributed by atoms with E-state index in [1.165, 1.54) is 12.1 Å². The zero-order chi connectivity index (χ0) is 14.2. The molecule has 0 amide bonds. The van der Waals surface area contributed by atoms with Gasteiger partial charge in [0.05, 0.1) is 28.4 Å². The Morgan fingerprint density at radius 1 is 1.53 bits per heavy atom. The average molecular weight is 332 g/mol. The van der Waals surface area contributed by atoms with Crippen molar-refractivity contribution in [2.45, 2.75) is 26.0 Å². The number of hydrogen-bond acceptors (Lipinski definition) is 3. The predicted molar refractivity (Wildman–Crippen MR) is 73.3 cm³/mol. The molecular formula is C13H15BrFNO3. The quantitative estimate of drug-likeness (QED) is 0.905. The van der Waals surface area contributed by atoms with Crippen molar-refractivity contribution in [2.24, 2.45) is 0 Å². The van der Waals surface area contributed by atoms with Gasteiger partial charge in [0, 0.05) is 12.6 Å². The number of aromatic carboxylic acids is 1. The van der Waals surface area contributed by atoms with Gasteiger partial charge in [-0.15, -0.1) is 0 Å². The van der Waals surface area contributed by atoms with Crippen LogP contribution in [-0.4, -0.2) is 36.4 Å². The molecule has 1 aromatic carbocycles. The highest BCUT2D eigenvalue weighted by Gasteiger charge is 2.27. The molecule has 19 heavy (non-hydrogen) atoms. The summed E-state index contributed by atoms with van der Waals surface area (Å²) in [6.45, 7) is 4.98. The number of nitrogens with zero attached hydrogens (tertiary/aromatic N) is 1.